The highest BCUT2D eigenvalue weighted by atomic mass is 35.5. The van der Waals surface area contributed by atoms with Crippen LogP contribution in [0.3, 0.4) is 0 Å². The third-order valence-corrected chi connectivity index (χ3v) is 5.81. The van der Waals surface area contributed by atoms with Crippen molar-refractivity contribution < 1.29 is 4.79 Å². The molecule has 2 aromatic heterocycles. The molecule has 4 rings (SSSR count). The molecule has 0 saturated carbocycles. The number of hydrogen-bond donors (Lipinski definition) is 2. The van der Waals surface area contributed by atoms with Gasteiger partial charge in [-0.15, -0.1) is 0 Å². The Hall–Kier alpha value is -2.80. The monoisotopic (exact) mass is 426 g/mol. The van der Waals surface area contributed by atoms with Crippen LogP contribution < -0.4 is 10.2 Å². The van der Waals surface area contributed by atoms with Crippen molar-refractivity contribution in [2.24, 2.45) is 0 Å². The van der Waals surface area contributed by atoms with E-state index in [0.717, 1.165) is 54.5 Å². The maximum absolute atomic E-state index is 11.7. The number of rotatable bonds is 5. The summed E-state index contributed by atoms with van der Waals surface area (Å²) in [5.41, 5.74) is 4.03. The van der Waals surface area contributed by atoms with E-state index in [1.807, 2.05) is 49.7 Å². The number of aryl methyl sites for hydroxylation is 2. The lowest BCUT2D eigenvalue weighted by Crippen LogP contribution is -2.34. The SMILES string of the molecule is CCC(=O)Nc1nc(C2CCN(c3cc(C)nn3-c3cccc(Cl)c3)CC2)c(C)[nH]1. The van der Waals surface area contributed by atoms with Gasteiger partial charge in [-0.2, -0.15) is 5.10 Å². The number of piperidine rings is 1. The van der Waals surface area contributed by atoms with Gasteiger partial charge in [0, 0.05) is 42.2 Å². The average molecular weight is 427 g/mol. The number of nitrogens with zero attached hydrogens (tertiary/aromatic N) is 4. The maximum Gasteiger partial charge on any atom is 0.226 e. The molecule has 7 nitrogen and oxygen atoms in total. The lowest BCUT2D eigenvalue weighted by molar-refractivity contribution is -0.115. The molecular formula is C22H27ClN6O. The Labute approximate surface area is 181 Å². The highest BCUT2D eigenvalue weighted by molar-refractivity contribution is 6.30. The van der Waals surface area contributed by atoms with Crippen molar-refractivity contribution in [2.75, 3.05) is 23.3 Å². The van der Waals surface area contributed by atoms with Gasteiger partial charge in [-0.1, -0.05) is 24.6 Å². The van der Waals surface area contributed by atoms with E-state index in [9.17, 15) is 4.79 Å². The molecule has 3 heterocycles. The predicted molar refractivity (Wildman–Crippen MR) is 120 cm³/mol. The van der Waals surface area contributed by atoms with Crippen LogP contribution in [0.25, 0.3) is 5.69 Å². The molecule has 1 aromatic carbocycles. The Morgan fingerprint density at radius 1 is 1.27 bits per heavy atom. The molecule has 2 N–H and O–H groups in total. The van der Waals surface area contributed by atoms with Crippen molar-refractivity contribution >= 4 is 29.3 Å². The molecule has 8 heteroatoms. The molecular weight excluding hydrogens is 400 g/mol. The van der Waals surface area contributed by atoms with Crippen LogP contribution in [0.4, 0.5) is 11.8 Å². The molecule has 0 bridgehead atoms. The minimum absolute atomic E-state index is 0.0326. The fourth-order valence-corrected chi connectivity index (χ4v) is 4.23. The number of aromatic amines is 1. The first-order valence-electron chi connectivity index (χ1n) is 10.4. The Morgan fingerprint density at radius 3 is 2.73 bits per heavy atom. The van der Waals surface area contributed by atoms with Gasteiger partial charge in [0.15, 0.2) is 0 Å². The third kappa shape index (κ3) is 4.21. The summed E-state index contributed by atoms with van der Waals surface area (Å²) >= 11 is 6.19. The van der Waals surface area contributed by atoms with Gasteiger partial charge in [0.05, 0.1) is 17.1 Å². The van der Waals surface area contributed by atoms with Gasteiger partial charge in [-0.05, 0) is 44.9 Å². The van der Waals surface area contributed by atoms with E-state index in [0.29, 0.717) is 23.3 Å². The molecule has 1 fully saturated rings. The highest BCUT2D eigenvalue weighted by Crippen LogP contribution is 2.33. The molecule has 1 saturated heterocycles. The molecule has 0 unspecified atom stereocenters. The summed E-state index contributed by atoms with van der Waals surface area (Å²) < 4.78 is 1.97. The number of aromatic nitrogens is 4. The van der Waals surface area contributed by atoms with Crippen LogP contribution in [0.5, 0.6) is 0 Å². The molecule has 30 heavy (non-hydrogen) atoms. The number of halogens is 1. The second-order valence-corrected chi connectivity index (χ2v) is 8.23. The molecule has 1 aliphatic heterocycles. The number of hydrogen-bond acceptors (Lipinski definition) is 4. The molecule has 0 spiro atoms. The number of benzene rings is 1. The number of nitrogens with one attached hydrogen (secondary N) is 2. The van der Waals surface area contributed by atoms with E-state index in [1.54, 1.807) is 0 Å². The van der Waals surface area contributed by atoms with Crippen LogP contribution >= 0.6 is 11.6 Å². The Balaban J connectivity index is 1.49. The standard InChI is InChI=1S/C22H27ClN6O/c1-4-19(30)25-22-24-15(3)21(26-22)16-8-10-28(11-9-16)20-12-14(2)27-29(20)18-7-5-6-17(23)13-18/h5-7,12-13,16H,4,8-11H2,1-3H3,(H2,24,25,26,30). The van der Waals surface area contributed by atoms with Crippen molar-refractivity contribution in [3.63, 3.8) is 0 Å². The fourth-order valence-electron chi connectivity index (χ4n) is 4.04. The first-order valence-corrected chi connectivity index (χ1v) is 10.8. The van der Waals surface area contributed by atoms with Gasteiger partial charge in [-0.3, -0.25) is 10.1 Å². The predicted octanol–water partition coefficient (Wildman–Crippen LogP) is 4.60. The zero-order valence-electron chi connectivity index (χ0n) is 17.6. The molecule has 0 radical (unpaired) electrons. The van der Waals surface area contributed by atoms with Gasteiger partial charge in [-0.25, -0.2) is 9.67 Å². The Bertz CT molecular complexity index is 1050. The summed E-state index contributed by atoms with van der Waals surface area (Å²) in [5.74, 6) is 1.97. The molecule has 1 amide bonds. The number of carbonyl (C=O) groups is 1. The van der Waals surface area contributed by atoms with Crippen LogP contribution in [0.2, 0.25) is 5.02 Å². The van der Waals surface area contributed by atoms with E-state index in [1.165, 1.54) is 0 Å². The second kappa shape index (κ2) is 8.52. The minimum atomic E-state index is -0.0326. The van der Waals surface area contributed by atoms with Crippen molar-refractivity contribution in [3.8, 4) is 5.69 Å². The average Bonchev–Trinajstić information content (AvgIpc) is 3.30. The number of anilines is 2. The summed E-state index contributed by atoms with van der Waals surface area (Å²) in [5, 5.41) is 8.21. The van der Waals surface area contributed by atoms with Crippen LogP contribution in [0.1, 0.15) is 49.2 Å². The smallest absolute Gasteiger partial charge is 0.226 e. The van der Waals surface area contributed by atoms with E-state index < -0.39 is 0 Å². The number of imidazole rings is 1. The first-order chi connectivity index (χ1) is 14.4. The molecule has 158 valence electrons. The van der Waals surface area contributed by atoms with Gasteiger partial charge in [0.25, 0.3) is 0 Å². The minimum Gasteiger partial charge on any atom is -0.356 e. The Morgan fingerprint density at radius 2 is 2.03 bits per heavy atom. The van der Waals surface area contributed by atoms with Gasteiger partial charge in [0.1, 0.15) is 5.82 Å². The lowest BCUT2D eigenvalue weighted by atomic mass is 9.92. The molecule has 1 aliphatic rings. The molecule has 0 atom stereocenters. The van der Waals surface area contributed by atoms with Crippen molar-refractivity contribution in [1.82, 2.24) is 19.7 Å². The van der Waals surface area contributed by atoms with E-state index >= 15 is 0 Å². The summed E-state index contributed by atoms with van der Waals surface area (Å²) in [6.45, 7) is 7.70. The van der Waals surface area contributed by atoms with Crippen molar-refractivity contribution in [3.05, 3.63) is 52.4 Å². The number of amides is 1. The van der Waals surface area contributed by atoms with E-state index in [4.69, 9.17) is 11.6 Å². The van der Waals surface area contributed by atoms with Crippen molar-refractivity contribution in [1.29, 1.82) is 0 Å². The zero-order chi connectivity index (χ0) is 21.3. The van der Waals surface area contributed by atoms with E-state index in [-0.39, 0.29) is 5.91 Å². The number of carbonyl (C=O) groups excluding carboxylic acids is 1. The second-order valence-electron chi connectivity index (χ2n) is 7.79. The lowest BCUT2D eigenvalue weighted by Gasteiger charge is -2.33. The van der Waals surface area contributed by atoms with Crippen LogP contribution in [-0.4, -0.2) is 38.7 Å². The van der Waals surface area contributed by atoms with Gasteiger partial charge < -0.3 is 9.88 Å². The van der Waals surface area contributed by atoms with Gasteiger partial charge >= 0.3 is 0 Å². The largest absolute Gasteiger partial charge is 0.356 e. The highest BCUT2D eigenvalue weighted by Gasteiger charge is 2.26. The maximum atomic E-state index is 11.7. The van der Waals surface area contributed by atoms with Gasteiger partial charge in [0.2, 0.25) is 11.9 Å². The topological polar surface area (TPSA) is 78.8 Å². The first kappa shape index (κ1) is 20.5. The Kier molecular flexibility index (Phi) is 5.81. The number of H-pyrrole nitrogens is 1. The van der Waals surface area contributed by atoms with Crippen molar-refractivity contribution in [2.45, 2.75) is 46.0 Å². The third-order valence-electron chi connectivity index (χ3n) is 5.57. The zero-order valence-corrected chi connectivity index (χ0v) is 18.3. The summed E-state index contributed by atoms with van der Waals surface area (Å²) in [6, 6.07) is 9.90. The fraction of sp³-hybridized carbons (Fsp3) is 0.409. The van der Waals surface area contributed by atoms with Crippen LogP contribution in [0.15, 0.2) is 30.3 Å². The van der Waals surface area contributed by atoms with E-state index in [2.05, 4.69) is 31.3 Å². The normalized spacial score (nSPS) is 14.9. The summed E-state index contributed by atoms with van der Waals surface area (Å²) in [4.78, 5) is 21.9. The molecule has 0 aliphatic carbocycles. The summed E-state index contributed by atoms with van der Waals surface area (Å²) in [6.07, 6.45) is 2.42. The molecule has 3 aromatic rings. The summed E-state index contributed by atoms with van der Waals surface area (Å²) in [7, 11) is 0. The van der Waals surface area contributed by atoms with Crippen LogP contribution in [-0.2, 0) is 4.79 Å². The quantitative estimate of drug-likeness (QED) is 0.625. The van der Waals surface area contributed by atoms with Crippen LogP contribution in [0, 0.1) is 13.8 Å².